The van der Waals surface area contributed by atoms with Crippen LogP contribution < -0.4 is 0 Å². The number of rotatable bonds is 1. The molecule has 96 valence electrons. The van der Waals surface area contributed by atoms with Crippen LogP contribution in [0.5, 0.6) is 0 Å². The maximum Gasteiger partial charge on any atom is 0.169 e. The Balaban J connectivity index is 1.71. The highest BCUT2D eigenvalue weighted by Gasteiger charge is 2.38. The van der Waals surface area contributed by atoms with Crippen LogP contribution in [0.15, 0.2) is 29.8 Å². The molecule has 1 spiro atoms. The van der Waals surface area contributed by atoms with Crippen molar-refractivity contribution >= 4 is 6.08 Å². The summed E-state index contributed by atoms with van der Waals surface area (Å²) in [6.45, 7) is 1.40. The molecule has 18 heavy (non-hydrogen) atoms. The minimum absolute atomic E-state index is 0.154. The van der Waals surface area contributed by atoms with Gasteiger partial charge in [0.2, 0.25) is 0 Å². The maximum absolute atomic E-state index is 13.5. The minimum atomic E-state index is -0.341. The molecule has 1 saturated carbocycles. The van der Waals surface area contributed by atoms with Crippen molar-refractivity contribution in [2.45, 2.75) is 31.5 Å². The van der Waals surface area contributed by atoms with Crippen LogP contribution in [0.1, 0.15) is 31.2 Å². The van der Waals surface area contributed by atoms with Crippen LogP contribution in [0.4, 0.5) is 4.39 Å². The van der Waals surface area contributed by atoms with E-state index in [0.717, 1.165) is 25.7 Å². The van der Waals surface area contributed by atoms with E-state index in [9.17, 15) is 4.39 Å². The Labute approximate surface area is 106 Å². The van der Waals surface area contributed by atoms with Gasteiger partial charge < -0.3 is 9.47 Å². The highest BCUT2D eigenvalue weighted by molar-refractivity contribution is 5.53. The number of ether oxygens (including phenoxy) is 2. The van der Waals surface area contributed by atoms with Crippen molar-refractivity contribution in [3.8, 4) is 0 Å². The van der Waals surface area contributed by atoms with Crippen molar-refractivity contribution in [3.63, 3.8) is 0 Å². The Bertz CT molecular complexity index is 449. The number of allylic oxidation sites excluding steroid dienone is 1. The Morgan fingerprint density at radius 3 is 2.39 bits per heavy atom. The SMILES string of the molecule is Fc1ccccc1C=C1CCC2(CC1)OCCO2. The van der Waals surface area contributed by atoms with Crippen LogP contribution in [0.3, 0.4) is 0 Å². The van der Waals surface area contributed by atoms with Gasteiger partial charge in [-0.05, 0) is 18.9 Å². The Morgan fingerprint density at radius 2 is 1.72 bits per heavy atom. The average Bonchev–Trinajstić information content (AvgIpc) is 2.84. The van der Waals surface area contributed by atoms with Gasteiger partial charge in [0.15, 0.2) is 5.79 Å². The molecule has 1 saturated heterocycles. The molecule has 3 rings (SSSR count). The summed E-state index contributed by atoms with van der Waals surface area (Å²) < 4.78 is 24.9. The zero-order valence-corrected chi connectivity index (χ0v) is 10.3. The monoisotopic (exact) mass is 248 g/mol. The molecule has 2 nitrogen and oxygen atoms in total. The van der Waals surface area contributed by atoms with Gasteiger partial charge >= 0.3 is 0 Å². The van der Waals surface area contributed by atoms with E-state index in [0.29, 0.717) is 18.8 Å². The van der Waals surface area contributed by atoms with Gasteiger partial charge in [-0.25, -0.2) is 4.39 Å². The van der Waals surface area contributed by atoms with E-state index in [1.165, 1.54) is 11.6 Å². The molecule has 0 radical (unpaired) electrons. The predicted octanol–water partition coefficient (Wildman–Crippen LogP) is 3.53. The Hall–Kier alpha value is -1.19. The molecule has 0 N–H and O–H groups in total. The third kappa shape index (κ3) is 2.33. The second-order valence-electron chi connectivity index (χ2n) is 4.93. The summed E-state index contributed by atoms with van der Waals surface area (Å²) in [6.07, 6.45) is 5.58. The van der Waals surface area contributed by atoms with Gasteiger partial charge in [0.25, 0.3) is 0 Å². The molecular weight excluding hydrogens is 231 g/mol. The second kappa shape index (κ2) is 4.82. The van der Waals surface area contributed by atoms with Crippen LogP contribution in [0.25, 0.3) is 6.08 Å². The van der Waals surface area contributed by atoms with Crippen LogP contribution >= 0.6 is 0 Å². The molecular formula is C15H17FO2. The minimum Gasteiger partial charge on any atom is -0.348 e. The Morgan fingerprint density at radius 1 is 1.06 bits per heavy atom. The molecule has 2 fully saturated rings. The molecule has 3 heteroatoms. The average molecular weight is 248 g/mol. The van der Waals surface area contributed by atoms with Crippen LogP contribution in [0, 0.1) is 5.82 Å². The van der Waals surface area contributed by atoms with Crippen molar-refractivity contribution < 1.29 is 13.9 Å². The summed E-state index contributed by atoms with van der Waals surface area (Å²) in [5.41, 5.74) is 1.96. The largest absolute Gasteiger partial charge is 0.348 e. The van der Waals surface area contributed by atoms with Crippen LogP contribution in [-0.4, -0.2) is 19.0 Å². The molecule has 0 aromatic heterocycles. The first-order valence-corrected chi connectivity index (χ1v) is 6.49. The predicted molar refractivity (Wildman–Crippen MR) is 67.5 cm³/mol. The second-order valence-corrected chi connectivity index (χ2v) is 4.93. The lowest BCUT2D eigenvalue weighted by atomic mass is 9.88. The van der Waals surface area contributed by atoms with Crippen LogP contribution in [0.2, 0.25) is 0 Å². The summed E-state index contributed by atoms with van der Waals surface area (Å²) in [5, 5.41) is 0. The molecule has 0 amide bonds. The van der Waals surface area contributed by atoms with Crippen molar-refractivity contribution in [3.05, 3.63) is 41.2 Å². The lowest BCUT2D eigenvalue weighted by Crippen LogP contribution is -2.33. The van der Waals surface area contributed by atoms with Crippen molar-refractivity contribution in [1.29, 1.82) is 0 Å². The van der Waals surface area contributed by atoms with Gasteiger partial charge in [-0.2, -0.15) is 0 Å². The molecule has 0 atom stereocenters. The van der Waals surface area contributed by atoms with Crippen LogP contribution in [-0.2, 0) is 9.47 Å². The Kier molecular flexibility index (Phi) is 3.18. The summed E-state index contributed by atoms with van der Waals surface area (Å²) in [5.74, 6) is -0.495. The first kappa shape index (κ1) is 11.9. The van der Waals surface area contributed by atoms with Gasteiger partial charge in [0.05, 0.1) is 13.2 Å². The molecule has 1 aromatic carbocycles. The van der Waals surface area contributed by atoms with Crippen molar-refractivity contribution in [1.82, 2.24) is 0 Å². The molecule has 2 aliphatic rings. The maximum atomic E-state index is 13.5. The first-order valence-electron chi connectivity index (χ1n) is 6.49. The van der Waals surface area contributed by atoms with E-state index < -0.39 is 0 Å². The zero-order chi connectivity index (χ0) is 12.4. The van der Waals surface area contributed by atoms with E-state index in [-0.39, 0.29) is 11.6 Å². The smallest absolute Gasteiger partial charge is 0.169 e. The van der Waals surface area contributed by atoms with E-state index in [1.54, 1.807) is 6.07 Å². The normalized spacial score (nSPS) is 22.4. The van der Waals surface area contributed by atoms with Gasteiger partial charge in [-0.3, -0.25) is 0 Å². The number of halogens is 1. The van der Waals surface area contributed by atoms with Gasteiger partial charge in [-0.1, -0.05) is 29.8 Å². The third-order valence-electron chi connectivity index (χ3n) is 3.73. The number of hydrogen-bond donors (Lipinski definition) is 0. The fourth-order valence-corrected chi connectivity index (χ4v) is 2.69. The highest BCUT2D eigenvalue weighted by Crippen LogP contribution is 2.38. The van der Waals surface area contributed by atoms with E-state index in [4.69, 9.17) is 9.47 Å². The fraction of sp³-hybridized carbons (Fsp3) is 0.467. The van der Waals surface area contributed by atoms with Gasteiger partial charge in [0, 0.05) is 18.4 Å². The summed E-state index contributed by atoms with van der Waals surface area (Å²) in [4.78, 5) is 0. The first-order chi connectivity index (χ1) is 8.77. The van der Waals surface area contributed by atoms with E-state index >= 15 is 0 Å². The molecule has 0 unspecified atom stereocenters. The zero-order valence-electron chi connectivity index (χ0n) is 10.3. The molecule has 0 bridgehead atoms. The summed E-state index contributed by atoms with van der Waals surface area (Å²) in [6, 6.07) is 6.89. The van der Waals surface area contributed by atoms with E-state index in [1.807, 2.05) is 18.2 Å². The highest BCUT2D eigenvalue weighted by atomic mass is 19.1. The lowest BCUT2D eigenvalue weighted by molar-refractivity contribution is -0.171. The fourth-order valence-electron chi connectivity index (χ4n) is 2.69. The van der Waals surface area contributed by atoms with Crippen molar-refractivity contribution in [2.24, 2.45) is 0 Å². The summed E-state index contributed by atoms with van der Waals surface area (Å²) in [7, 11) is 0. The number of benzene rings is 1. The topological polar surface area (TPSA) is 18.5 Å². The summed E-state index contributed by atoms with van der Waals surface area (Å²) >= 11 is 0. The lowest BCUT2D eigenvalue weighted by Gasteiger charge is -2.32. The van der Waals surface area contributed by atoms with Gasteiger partial charge in [-0.15, -0.1) is 0 Å². The quantitative estimate of drug-likeness (QED) is 0.757. The standard InChI is InChI=1S/C15H17FO2/c16-14-4-2-1-3-13(14)11-12-5-7-15(8-6-12)17-9-10-18-15/h1-4,11H,5-10H2. The molecule has 1 aliphatic heterocycles. The molecule has 1 heterocycles. The van der Waals surface area contributed by atoms with Gasteiger partial charge in [0.1, 0.15) is 5.82 Å². The van der Waals surface area contributed by atoms with E-state index in [2.05, 4.69) is 0 Å². The molecule has 1 aliphatic carbocycles. The third-order valence-corrected chi connectivity index (χ3v) is 3.73. The molecule has 1 aromatic rings. The number of hydrogen-bond acceptors (Lipinski definition) is 2. The van der Waals surface area contributed by atoms with Crippen molar-refractivity contribution in [2.75, 3.05) is 13.2 Å².